The quantitative estimate of drug-likeness (QED) is 0.641. The summed E-state index contributed by atoms with van der Waals surface area (Å²) >= 11 is 6.04. The number of halogens is 1. The second kappa shape index (κ2) is 5.82. The van der Waals surface area contributed by atoms with E-state index in [0.29, 0.717) is 12.5 Å². The van der Waals surface area contributed by atoms with E-state index in [-0.39, 0.29) is 4.87 Å². The molecule has 0 amide bonds. The first-order valence-electron chi connectivity index (χ1n) is 4.75. The van der Waals surface area contributed by atoms with Crippen molar-refractivity contribution in [2.45, 2.75) is 51.3 Å². The monoisotopic (exact) mass is 192 g/mol. The van der Waals surface area contributed by atoms with E-state index in [1.54, 1.807) is 0 Å². The molecule has 0 aliphatic heterocycles. The molecule has 0 aliphatic carbocycles. The van der Waals surface area contributed by atoms with Gasteiger partial charge in [0.1, 0.15) is 0 Å². The first-order valence-corrected chi connectivity index (χ1v) is 5.13. The summed E-state index contributed by atoms with van der Waals surface area (Å²) in [5.74, 6) is 0.633. The zero-order chi connectivity index (χ0) is 9.61. The Kier molecular flexibility index (Phi) is 5.94. The highest BCUT2D eigenvalue weighted by Crippen LogP contribution is 2.22. The molecule has 0 bridgehead atoms. The summed E-state index contributed by atoms with van der Waals surface area (Å²) in [6, 6.07) is 0. The minimum absolute atomic E-state index is 0.0566. The molecule has 0 spiro atoms. The average molecular weight is 193 g/mol. The summed E-state index contributed by atoms with van der Waals surface area (Å²) < 4.78 is 0. The van der Waals surface area contributed by atoms with Crippen LogP contribution in [0.15, 0.2) is 0 Å². The first kappa shape index (κ1) is 12.2. The number of rotatable bonds is 6. The standard InChI is InChI=1S/C10H21ClO/c1-9(6-8-12)5-4-7-10(2,3)11/h9,12H,4-8H2,1-3H3. The number of hydrogen-bond donors (Lipinski definition) is 1. The van der Waals surface area contributed by atoms with Gasteiger partial charge in [0, 0.05) is 11.5 Å². The molecule has 0 aliphatic rings. The Morgan fingerprint density at radius 1 is 1.33 bits per heavy atom. The van der Waals surface area contributed by atoms with Crippen molar-refractivity contribution in [3.05, 3.63) is 0 Å². The molecule has 0 radical (unpaired) electrons. The highest BCUT2D eigenvalue weighted by molar-refractivity contribution is 6.23. The maximum absolute atomic E-state index is 8.67. The van der Waals surface area contributed by atoms with Crippen molar-refractivity contribution in [1.82, 2.24) is 0 Å². The molecule has 1 N–H and O–H groups in total. The Labute approximate surface area is 81.1 Å². The molecule has 2 heteroatoms. The van der Waals surface area contributed by atoms with Gasteiger partial charge in [0.25, 0.3) is 0 Å². The molecule has 74 valence electrons. The van der Waals surface area contributed by atoms with Gasteiger partial charge in [-0.3, -0.25) is 0 Å². The van der Waals surface area contributed by atoms with Crippen LogP contribution >= 0.6 is 11.6 Å². The Morgan fingerprint density at radius 2 is 1.92 bits per heavy atom. The van der Waals surface area contributed by atoms with Crippen LogP contribution in [0.4, 0.5) is 0 Å². The van der Waals surface area contributed by atoms with Crippen molar-refractivity contribution in [3.8, 4) is 0 Å². The van der Waals surface area contributed by atoms with E-state index in [2.05, 4.69) is 6.92 Å². The van der Waals surface area contributed by atoms with Crippen molar-refractivity contribution >= 4 is 11.6 Å². The summed E-state index contributed by atoms with van der Waals surface area (Å²) in [6.07, 6.45) is 4.32. The number of alkyl halides is 1. The highest BCUT2D eigenvalue weighted by atomic mass is 35.5. The predicted octanol–water partition coefficient (Wildman–Crippen LogP) is 3.19. The van der Waals surface area contributed by atoms with Crippen molar-refractivity contribution in [2.24, 2.45) is 5.92 Å². The third kappa shape index (κ3) is 8.35. The minimum atomic E-state index is -0.0566. The molecule has 0 saturated carbocycles. The molecule has 0 rings (SSSR count). The Hall–Kier alpha value is 0.250. The fourth-order valence-electron chi connectivity index (χ4n) is 1.24. The van der Waals surface area contributed by atoms with E-state index in [0.717, 1.165) is 19.3 Å². The summed E-state index contributed by atoms with van der Waals surface area (Å²) in [4.78, 5) is -0.0566. The SMILES string of the molecule is CC(CCO)CCCC(C)(C)Cl. The van der Waals surface area contributed by atoms with Gasteiger partial charge in [-0.2, -0.15) is 0 Å². The minimum Gasteiger partial charge on any atom is -0.396 e. The first-order chi connectivity index (χ1) is 5.45. The molecule has 1 nitrogen and oxygen atoms in total. The fraction of sp³-hybridized carbons (Fsp3) is 1.00. The van der Waals surface area contributed by atoms with Gasteiger partial charge in [0.2, 0.25) is 0 Å². The maximum Gasteiger partial charge on any atom is 0.0433 e. The predicted molar refractivity (Wildman–Crippen MR) is 54.6 cm³/mol. The number of aliphatic hydroxyl groups is 1. The Bertz CT molecular complexity index is 107. The average Bonchev–Trinajstić information content (AvgIpc) is 1.84. The fourth-order valence-corrected chi connectivity index (χ4v) is 1.37. The third-order valence-electron chi connectivity index (χ3n) is 2.09. The van der Waals surface area contributed by atoms with Crippen molar-refractivity contribution in [3.63, 3.8) is 0 Å². The van der Waals surface area contributed by atoms with Gasteiger partial charge >= 0.3 is 0 Å². The highest BCUT2D eigenvalue weighted by Gasteiger charge is 2.12. The van der Waals surface area contributed by atoms with Crippen molar-refractivity contribution in [2.75, 3.05) is 6.61 Å². The summed E-state index contributed by atoms with van der Waals surface area (Å²) in [6.45, 7) is 6.58. The lowest BCUT2D eigenvalue weighted by Gasteiger charge is -2.16. The molecule has 1 unspecified atom stereocenters. The van der Waals surface area contributed by atoms with Crippen LogP contribution in [0.25, 0.3) is 0 Å². The van der Waals surface area contributed by atoms with Gasteiger partial charge in [0.05, 0.1) is 0 Å². The van der Waals surface area contributed by atoms with Gasteiger partial charge in [-0.1, -0.05) is 19.8 Å². The third-order valence-corrected chi connectivity index (χ3v) is 2.28. The molecular weight excluding hydrogens is 172 g/mol. The topological polar surface area (TPSA) is 20.2 Å². The molecule has 12 heavy (non-hydrogen) atoms. The normalized spacial score (nSPS) is 14.8. The molecule has 1 atom stereocenters. The van der Waals surface area contributed by atoms with Gasteiger partial charge in [-0.05, 0) is 32.6 Å². The summed E-state index contributed by atoms with van der Waals surface area (Å²) in [7, 11) is 0. The largest absolute Gasteiger partial charge is 0.396 e. The zero-order valence-electron chi connectivity index (χ0n) is 8.44. The lowest BCUT2D eigenvalue weighted by molar-refractivity contribution is 0.256. The summed E-state index contributed by atoms with van der Waals surface area (Å²) in [5.41, 5.74) is 0. The van der Waals surface area contributed by atoms with E-state index in [1.807, 2.05) is 13.8 Å². The number of aliphatic hydroxyl groups excluding tert-OH is 1. The molecule has 0 aromatic heterocycles. The van der Waals surface area contributed by atoms with Crippen LogP contribution in [0, 0.1) is 5.92 Å². The Morgan fingerprint density at radius 3 is 2.33 bits per heavy atom. The van der Waals surface area contributed by atoms with Crippen molar-refractivity contribution in [1.29, 1.82) is 0 Å². The van der Waals surface area contributed by atoms with Crippen molar-refractivity contribution < 1.29 is 5.11 Å². The molecule has 0 aromatic rings. The van der Waals surface area contributed by atoms with Crippen LogP contribution < -0.4 is 0 Å². The second-order valence-corrected chi connectivity index (χ2v) is 5.25. The van der Waals surface area contributed by atoms with E-state index in [1.165, 1.54) is 6.42 Å². The van der Waals surface area contributed by atoms with E-state index in [9.17, 15) is 0 Å². The molecule has 0 fully saturated rings. The molecule has 0 saturated heterocycles. The van der Waals surface area contributed by atoms with Gasteiger partial charge in [-0.15, -0.1) is 11.6 Å². The van der Waals surface area contributed by atoms with Crippen LogP contribution in [0.1, 0.15) is 46.5 Å². The molecule has 0 heterocycles. The lowest BCUT2D eigenvalue weighted by Crippen LogP contribution is -2.10. The van der Waals surface area contributed by atoms with Crippen LogP contribution in [0.5, 0.6) is 0 Å². The smallest absolute Gasteiger partial charge is 0.0433 e. The van der Waals surface area contributed by atoms with Gasteiger partial charge in [-0.25, -0.2) is 0 Å². The van der Waals surface area contributed by atoms with Crippen LogP contribution in [0.2, 0.25) is 0 Å². The molecule has 0 aromatic carbocycles. The van der Waals surface area contributed by atoms with E-state index >= 15 is 0 Å². The van der Waals surface area contributed by atoms with Gasteiger partial charge < -0.3 is 5.11 Å². The number of hydrogen-bond acceptors (Lipinski definition) is 1. The van der Waals surface area contributed by atoms with Crippen LogP contribution in [-0.4, -0.2) is 16.6 Å². The maximum atomic E-state index is 8.67. The van der Waals surface area contributed by atoms with Gasteiger partial charge in [0.15, 0.2) is 0 Å². The van der Waals surface area contributed by atoms with Crippen LogP contribution in [-0.2, 0) is 0 Å². The van der Waals surface area contributed by atoms with E-state index in [4.69, 9.17) is 16.7 Å². The molecular formula is C10H21ClO. The van der Waals surface area contributed by atoms with Crippen LogP contribution in [0.3, 0.4) is 0 Å². The second-order valence-electron chi connectivity index (χ2n) is 4.23. The lowest BCUT2D eigenvalue weighted by atomic mass is 9.97. The Balaban J connectivity index is 3.31. The van der Waals surface area contributed by atoms with E-state index < -0.39 is 0 Å². The summed E-state index contributed by atoms with van der Waals surface area (Å²) in [5, 5.41) is 8.67. The zero-order valence-corrected chi connectivity index (χ0v) is 9.19.